The van der Waals surface area contributed by atoms with Gasteiger partial charge < -0.3 is 5.73 Å². The minimum Gasteiger partial charge on any atom is -0.405 e. The van der Waals surface area contributed by atoms with E-state index in [-0.39, 0.29) is 12.4 Å². The highest BCUT2D eigenvalue weighted by molar-refractivity contribution is 5.85. The quantitative estimate of drug-likeness (QED) is 0.660. The molecule has 1 aromatic carbocycles. The molecule has 0 radical (unpaired) electrons. The van der Waals surface area contributed by atoms with Crippen LogP contribution in [0.5, 0.6) is 0 Å². The van der Waals surface area contributed by atoms with Gasteiger partial charge in [-0.25, -0.2) is 0 Å². The summed E-state index contributed by atoms with van der Waals surface area (Å²) in [5.74, 6) is 0. The molecular formula is C8H10ClN. The Kier molecular flexibility index (Phi) is 4.42. The van der Waals surface area contributed by atoms with Crippen LogP contribution in [0.1, 0.15) is 5.56 Å². The van der Waals surface area contributed by atoms with E-state index in [1.807, 2.05) is 36.4 Å². The third-order valence-corrected chi connectivity index (χ3v) is 1.09. The Morgan fingerprint density at radius 2 is 1.70 bits per heavy atom. The van der Waals surface area contributed by atoms with Crippen LogP contribution in [0.15, 0.2) is 36.5 Å². The van der Waals surface area contributed by atoms with Crippen LogP contribution < -0.4 is 5.73 Å². The first-order valence-corrected chi connectivity index (χ1v) is 2.87. The Hall–Kier alpha value is -0.950. The zero-order valence-corrected chi connectivity index (χ0v) is 6.34. The van der Waals surface area contributed by atoms with Crippen LogP contribution in [-0.2, 0) is 0 Å². The molecule has 54 valence electrons. The second kappa shape index (κ2) is 4.89. The van der Waals surface area contributed by atoms with Gasteiger partial charge >= 0.3 is 0 Å². The largest absolute Gasteiger partial charge is 0.405 e. The van der Waals surface area contributed by atoms with Crippen LogP contribution in [0, 0.1) is 0 Å². The molecule has 0 saturated heterocycles. The van der Waals surface area contributed by atoms with E-state index in [0.717, 1.165) is 5.56 Å². The molecule has 0 spiro atoms. The molecule has 0 amide bonds. The fourth-order valence-corrected chi connectivity index (χ4v) is 0.675. The number of halogens is 1. The maximum Gasteiger partial charge on any atom is -0.00564 e. The van der Waals surface area contributed by atoms with Gasteiger partial charge in [0.2, 0.25) is 0 Å². The van der Waals surface area contributed by atoms with E-state index in [1.54, 1.807) is 0 Å². The Morgan fingerprint density at radius 1 is 1.10 bits per heavy atom. The van der Waals surface area contributed by atoms with Crippen LogP contribution in [0.4, 0.5) is 0 Å². The first kappa shape index (κ1) is 9.05. The lowest BCUT2D eigenvalue weighted by Crippen LogP contribution is -1.75. The smallest absolute Gasteiger partial charge is 0.00564 e. The maximum atomic E-state index is 5.18. The molecular weight excluding hydrogens is 146 g/mol. The van der Waals surface area contributed by atoms with Gasteiger partial charge in [0.25, 0.3) is 0 Å². The Bertz CT molecular complexity index is 194. The molecule has 1 nitrogen and oxygen atoms in total. The highest BCUT2D eigenvalue weighted by atomic mass is 35.5. The van der Waals surface area contributed by atoms with E-state index < -0.39 is 0 Å². The van der Waals surface area contributed by atoms with E-state index in [0.29, 0.717) is 0 Å². The van der Waals surface area contributed by atoms with Crippen LogP contribution in [0.2, 0.25) is 0 Å². The lowest BCUT2D eigenvalue weighted by molar-refractivity contribution is 1.60. The number of hydrogen-bond acceptors (Lipinski definition) is 1. The molecule has 1 aromatic rings. The summed E-state index contributed by atoms with van der Waals surface area (Å²) in [5, 5.41) is 0. The molecule has 2 heteroatoms. The molecule has 0 aromatic heterocycles. The molecule has 0 saturated carbocycles. The predicted molar refractivity (Wildman–Crippen MR) is 46.9 cm³/mol. The molecule has 0 aliphatic rings. The molecule has 0 fully saturated rings. The molecule has 1 rings (SSSR count). The summed E-state index contributed by atoms with van der Waals surface area (Å²) in [7, 11) is 0. The summed E-state index contributed by atoms with van der Waals surface area (Å²) < 4.78 is 0. The zero-order valence-electron chi connectivity index (χ0n) is 5.53. The van der Waals surface area contributed by atoms with Crippen LogP contribution in [0.3, 0.4) is 0 Å². The number of benzene rings is 1. The van der Waals surface area contributed by atoms with Crippen molar-refractivity contribution >= 4 is 18.5 Å². The average molecular weight is 156 g/mol. The van der Waals surface area contributed by atoms with Gasteiger partial charge in [0.15, 0.2) is 0 Å². The second-order valence-electron chi connectivity index (χ2n) is 1.77. The van der Waals surface area contributed by atoms with Crippen molar-refractivity contribution in [1.82, 2.24) is 0 Å². The van der Waals surface area contributed by atoms with Crippen LogP contribution in [-0.4, -0.2) is 0 Å². The summed E-state index contributed by atoms with van der Waals surface area (Å²) in [6.45, 7) is 0. The molecule has 0 unspecified atom stereocenters. The van der Waals surface area contributed by atoms with E-state index in [4.69, 9.17) is 5.73 Å². The van der Waals surface area contributed by atoms with Gasteiger partial charge in [-0.2, -0.15) is 0 Å². The van der Waals surface area contributed by atoms with Gasteiger partial charge in [0, 0.05) is 0 Å². The average Bonchev–Trinajstić information content (AvgIpc) is 1.91. The Labute approximate surface area is 67.0 Å². The van der Waals surface area contributed by atoms with Gasteiger partial charge in [0.05, 0.1) is 0 Å². The zero-order chi connectivity index (χ0) is 6.53. The monoisotopic (exact) mass is 155 g/mol. The maximum absolute atomic E-state index is 5.18. The predicted octanol–water partition coefficient (Wildman–Crippen LogP) is 2.04. The number of hydrogen-bond donors (Lipinski definition) is 1. The molecule has 2 N–H and O–H groups in total. The van der Waals surface area contributed by atoms with E-state index >= 15 is 0 Å². The fourth-order valence-electron chi connectivity index (χ4n) is 0.675. The highest BCUT2D eigenvalue weighted by Crippen LogP contribution is 1.98. The SMILES string of the molecule is Cl.NC=Cc1ccccc1. The van der Waals surface area contributed by atoms with Crippen molar-refractivity contribution in [2.24, 2.45) is 5.73 Å². The lowest BCUT2D eigenvalue weighted by atomic mass is 10.2. The third kappa shape index (κ3) is 2.55. The van der Waals surface area contributed by atoms with E-state index in [9.17, 15) is 0 Å². The topological polar surface area (TPSA) is 26.0 Å². The summed E-state index contributed by atoms with van der Waals surface area (Å²) in [6.07, 6.45) is 3.40. The summed E-state index contributed by atoms with van der Waals surface area (Å²) in [6, 6.07) is 9.95. The van der Waals surface area contributed by atoms with Crippen molar-refractivity contribution in [1.29, 1.82) is 0 Å². The van der Waals surface area contributed by atoms with Gasteiger partial charge in [-0.3, -0.25) is 0 Å². The molecule has 10 heavy (non-hydrogen) atoms. The fraction of sp³-hybridized carbons (Fsp3) is 0. The van der Waals surface area contributed by atoms with E-state index in [1.165, 1.54) is 6.20 Å². The lowest BCUT2D eigenvalue weighted by Gasteiger charge is -1.86. The normalized spacial score (nSPS) is 9.20. The Balaban J connectivity index is 0.000000810. The van der Waals surface area contributed by atoms with Crippen LogP contribution in [0.25, 0.3) is 6.08 Å². The second-order valence-corrected chi connectivity index (χ2v) is 1.77. The van der Waals surface area contributed by atoms with Gasteiger partial charge in [0.1, 0.15) is 0 Å². The van der Waals surface area contributed by atoms with Crippen molar-refractivity contribution < 1.29 is 0 Å². The molecule has 0 aliphatic carbocycles. The number of rotatable bonds is 1. The Morgan fingerprint density at radius 3 is 2.20 bits per heavy atom. The summed E-state index contributed by atoms with van der Waals surface area (Å²) in [5.41, 5.74) is 6.32. The minimum absolute atomic E-state index is 0. The number of nitrogens with two attached hydrogens (primary N) is 1. The molecule has 0 heterocycles. The van der Waals surface area contributed by atoms with Crippen molar-refractivity contribution in [3.8, 4) is 0 Å². The van der Waals surface area contributed by atoms with Gasteiger partial charge in [-0.15, -0.1) is 12.4 Å². The van der Waals surface area contributed by atoms with Crippen molar-refractivity contribution in [3.05, 3.63) is 42.1 Å². The standard InChI is InChI=1S/C8H9N.ClH/c9-7-6-8-4-2-1-3-5-8;/h1-7H,9H2;1H. The molecule has 0 aliphatic heterocycles. The summed E-state index contributed by atoms with van der Waals surface area (Å²) in [4.78, 5) is 0. The first-order valence-electron chi connectivity index (χ1n) is 2.87. The third-order valence-electron chi connectivity index (χ3n) is 1.09. The van der Waals surface area contributed by atoms with Crippen LogP contribution >= 0.6 is 12.4 Å². The van der Waals surface area contributed by atoms with Crippen molar-refractivity contribution in [3.63, 3.8) is 0 Å². The first-order chi connectivity index (χ1) is 4.43. The van der Waals surface area contributed by atoms with Gasteiger partial charge in [-0.1, -0.05) is 30.3 Å². The molecule has 0 bridgehead atoms. The minimum atomic E-state index is 0. The van der Waals surface area contributed by atoms with Gasteiger partial charge in [-0.05, 0) is 17.8 Å². The summed E-state index contributed by atoms with van der Waals surface area (Å²) >= 11 is 0. The molecule has 0 atom stereocenters. The van der Waals surface area contributed by atoms with Crippen molar-refractivity contribution in [2.75, 3.05) is 0 Å². The van der Waals surface area contributed by atoms with E-state index in [2.05, 4.69) is 0 Å². The highest BCUT2D eigenvalue weighted by Gasteiger charge is 1.77. The van der Waals surface area contributed by atoms with Crippen molar-refractivity contribution in [2.45, 2.75) is 0 Å².